The van der Waals surface area contributed by atoms with Crippen LogP contribution in [-0.4, -0.2) is 30.5 Å². The Balaban J connectivity index is 1.59. The first-order chi connectivity index (χ1) is 15.5. The highest BCUT2D eigenvalue weighted by molar-refractivity contribution is 5.79. The van der Waals surface area contributed by atoms with Crippen molar-refractivity contribution in [3.63, 3.8) is 0 Å². The molecule has 0 spiro atoms. The minimum atomic E-state index is -0.652. The number of benzene rings is 2. The molecule has 1 unspecified atom stereocenters. The topological polar surface area (TPSA) is 85.0 Å². The van der Waals surface area contributed by atoms with Crippen LogP contribution >= 0.6 is 0 Å². The van der Waals surface area contributed by atoms with Crippen molar-refractivity contribution in [1.29, 1.82) is 0 Å². The summed E-state index contributed by atoms with van der Waals surface area (Å²) in [6.45, 7) is 2.50. The van der Waals surface area contributed by atoms with Crippen LogP contribution in [0, 0.1) is 5.82 Å². The maximum absolute atomic E-state index is 13.5. The van der Waals surface area contributed by atoms with Crippen LogP contribution < -0.4 is 10.9 Å². The van der Waals surface area contributed by atoms with Crippen molar-refractivity contribution in [3.05, 3.63) is 88.6 Å². The zero-order valence-electron chi connectivity index (χ0n) is 17.4. The number of fused-ring (bicyclic) bond motifs is 1. The molecule has 0 saturated heterocycles. The van der Waals surface area contributed by atoms with Gasteiger partial charge in [-0.05, 0) is 36.2 Å². The highest BCUT2D eigenvalue weighted by Crippen LogP contribution is 2.32. The molecule has 1 aliphatic heterocycles. The Bertz CT molecular complexity index is 1310. The van der Waals surface area contributed by atoms with Crippen LogP contribution in [0.15, 0.2) is 71.7 Å². The molecule has 7 nitrogen and oxygen atoms in total. The van der Waals surface area contributed by atoms with Crippen LogP contribution in [-0.2, 0) is 13.1 Å². The molecule has 3 heterocycles. The van der Waals surface area contributed by atoms with E-state index in [1.54, 1.807) is 29.1 Å². The largest absolute Gasteiger partial charge is 0.389 e. The lowest BCUT2D eigenvalue weighted by atomic mass is 10.0. The standard InChI is InChI=1S/C24H22FN5O2/c1-15(16-5-3-2-4-6-16)27-24-26-12-11-20(28-24)22-21(17-7-9-18(25)10-8-17)23(32)30-14-19(31)13-29(22)30/h2-12,15,19,31H,13-14H2,1H3,(H,26,27,28)/t15-,19?/m1/s1. The SMILES string of the molecule is C[C@@H](Nc1nccc(-c2c(-c3ccc(F)cc3)c(=O)n3n2CC(O)C3)n1)c1ccccc1. The van der Waals surface area contributed by atoms with E-state index in [-0.39, 0.29) is 30.5 Å². The molecule has 2 atom stereocenters. The lowest BCUT2D eigenvalue weighted by Crippen LogP contribution is -2.19. The summed E-state index contributed by atoms with van der Waals surface area (Å²) in [5, 5.41) is 13.5. The smallest absolute Gasteiger partial charge is 0.275 e. The van der Waals surface area contributed by atoms with Crippen molar-refractivity contribution in [3.8, 4) is 22.5 Å². The normalized spacial score (nSPS) is 16.0. The number of anilines is 1. The van der Waals surface area contributed by atoms with Crippen molar-refractivity contribution in [1.82, 2.24) is 19.3 Å². The molecule has 0 bridgehead atoms. The highest BCUT2D eigenvalue weighted by Gasteiger charge is 2.30. The number of hydrogen-bond acceptors (Lipinski definition) is 5. The van der Waals surface area contributed by atoms with Crippen LogP contribution in [0.3, 0.4) is 0 Å². The number of aromatic nitrogens is 4. The van der Waals surface area contributed by atoms with E-state index < -0.39 is 6.10 Å². The van der Waals surface area contributed by atoms with E-state index in [9.17, 15) is 14.3 Å². The Morgan fingerprint density at radius 2 is 1.78 bits per heavy atom. The van der Waals surface area contributed by atoms with Gasteiger partial charge in [-0.25, -0.2) is 19.0 Å². The van der Waals surface area contributed by atoms with Crippen LogP contribution in [0.1, 0.15) is 18.5 Å². The molecule has 0 saturated carbocycles. The van der Waals surface area contributed by atoms with E-state index in [4.69, 9.17) is 0 Å². The molecular weight excluding hydrogens is 409 g/mol. The van der Waals surface area contributed by atoms with Gasteiger partial charge in [0, 0.05) is 6.20 Å². The van der Waals surface area contributed by atoms with Gasteiger partial charge in [0.1, 0.15) is 5.82 Å². The van der Waals surface area contributed by atoms with Crippen LogP contribution in [0.4, 0.5) is 10.3 Å². The molecular formula is C24H22FN5O2. The third-order valence-corrected chi connectivity index (χ3v) is 5.68. The number of hydrogen-bond donors (Lipinski definition) is 2. The summed E-state index contributed by atoms with van der Waals surface area (Å²) >= 11 is 0. The van der Waals surface area contributed by atoms with Crippen molar-refractivity contribution >= 4 is 5.95 Å². The molecule has 4 aromatic rings. The zero-order valence-corrected chi connectivity index (χ0v) is 17.4. The fourth-order valence-electron chi connectivity index (χ4n) is 4.13. The Morgan fingerprint density at radius 3 is 2.53 bits per heavy atom. The number of rotatable bonds is 5. The summed E-state index contributed by atoms with van der Waals surface area (Å²) in [7, 11) is 0. The van der Waals surface area contributed by atoms with Gasteiger partial charge in [-0.3, -0.25) is 9.48 Å². The van der Waals surface area contributed by atoms with Crippen LogP contribution in [0.5, 0.6) is 0 Å². The molecule has 0 radical (unpaired) electrons. The van der Waals surface area contributed by atoms with E-state index in [0.29, 0.717) is 28.5 Å². The van der Waals surface area contributed by atoms with Crippen molar-refractivity contribution < 1.29 is 9.50 Å². The first kappa shape index (κ1) is 20.1. The minimum Gasteiger partial charge on any atom is -0.389 e. The highest BCUT2D eigenvalue weighted by atomic mass is 19.1. The molecule has 5 rings (SSSR count). The van der Waals surface area contributed by atoms with Gasteiger partial charge < -0.3 is 10.4 Å². The van der Waals surface area contributed by atoms with Gasteiger partial charge >= 0.3 is 0 Å². The molecule has 162 valence electrons. The average molecular weight is 431 g/mol. The average Bonchev–Trinajstić information content (AvgIpc) is 3.30. The summed E-state index contributed by atoms with van der Waals surface area (Å²) in [6, 6.07) is 17.5. The van der Waals surface area contributed by atoms with Gasteiger partial charge in [0.05, 0.1) is 42.2 Å². The van der Waals surface area contributed by atoms with Gasteiger partial charge in [0.2, 0.25) is 5.95 Å². The number of nitrogens with zero attached hydrogens (tertiary/aromatic N) is 4. The van der Waals surface area contributed by atoms with Crippen molar-refractivity contribution in [2.75, 3.05) is 5.32 Å². The second-order valence-electron chi connectivity index (χ2n) is 7.90. The summed E-state index contributed by atoms with van der Waals surface area (Å²) in [4.78, 5) is 22.2. The third-order valence-electron chi connectivity index (χ3n) is 5.68. The second kappa shape index (κ2) is 8.05. The molecule has 1 aliphatic rings. The van der Waals surface area contributed by atoms with Crippen molar-refractivity contribution in [2.24, 2.45) is 0 Å². The molecule has 0 fully saturated rings. The minimum absolute atomic E-state index is 0.0210. The Hall–Kier alpha value is -3.78. The maximum atomic E-state index is 13.5. The number of nitrogens with one attached hydrogen (secondary N) is 1. The van der Waals surface area contributed by atoms with Crippen LogP contribution in [0.25, 0.3) is 22.5 Å². The Morgan fingerprint density at radius 1 is 1.06 bits per heavy atom. The van der Waals surface area contributed by atoms with Gasteiger partial charge in [-0.2, -0.15) is 0 Å². The first-order valence-electron chi connectivity index (χ1n) is 10.4. The van der Waals surface area contributed by atoms with E-state index in [0.717, 1.165) is 5.56 Å². The molecule has 2 N–H and O–H groups in total. The Kier molecular flexibility index (Phi) is 5.07. The maximum Gasteiger partial charge on any atom is 0.275 e. The molecule has 2 aromatic carbocycles. The fourth-order valence-corrected chi connectivity index (χ4v) is 4.13. The van der Waals surface area contributed by atoms with E-state index in [1.165, 1.54) is 16.8 Å². The van der Waals surface area contributed by atoms with Crippen molar-refractivity contribution in [2.45, 2.75) is 32.2 Å². The fraction of sp³-hybridized carbons (Fsp3) is 0.208. The van der Waals surface area contributed by atoms with E-state index in [2.05, 4.69) is 15.3 Å². The summed E-state index contributed by atoms with van der Waals surface area (Å²) in [5.74, 6) is 0.0523. The molecule has 0 aliphatic carbocycles. The number of aliphatic hydroxyl groups is 1. The van der Waals surface area contributed by atoms with E-state index >= 15 is 0 Å². The lowest BCUT2D eigenvalue weighted by Gasteiger charge is -2.15. The predicted molar refractivity (Wildman–Crippen MR) is 120 cm³/mol. The Labute approximate surface area is 183 Å². The predicted octanol–water partition coefficient (Wildman–Crippen LogP) is 3.46. The summed E-state index contributed by atoms with van der Waals surface area (Å²) in [6.07, 6.45) is 0.985. The summed E-state index contributed by atoms with van der Waals surface area (Å²) < 4.78 is 16.8. The molecule has 8 heteroatoms. The molecule has 0 amide bonds. The number of halogens is 1. The second-order valence-corrected chi connectivity index (χ2v) is 7.90. The van der Waals surface area contributed by atoms with E-state index in [1.807, 2.05) is 37.3 Å². The molecule has 32 heavy (non-hydrogen) atoms. The monoisotopic (exact) mass is 431 g/mol. The number of aliphatic hydroxyl groups excluding tert-OH is 1. The first-order valence-corrected chi connectivity index (χ1v) is 10.4. The molecule has 2 aromatic heterocycles. The van der Waals surface area contributed by atoms with Gasteiger partial charge in [-0.1, -0.05) is 42.5 Å². The van der Waals surface area contributed by atoms with Gasteiger partial charge in [0.25, 0.3) is 5.56 Å². The van der Waals surface area contributed by atoms with Crippen LogP contribution in [0.2, 0.25) is 0 Å². The van der Waals surface area contributed by atoms with Gasteiger partial charge in [-0.15, -0.1) is 0 Å². The quantitative estimate of drug-likeness (QED) is 0.506. The van der Waals surface area contributed by atoms with Gasteiger partial charge in [0.15, 0.2) is 0 Å². The third kappa shape index (κ3) is 3.58. The zero-order chi connectivity index (χ0) is 22.2. The lowest BCUT2D eigenvalue weighted by molar-refractivity contribution is 0.170. The summed E-state index contributed by atoms with van der Waals surface area (Å²) in [5.41, 5.74) is 3.01.